The second-order valence-electron chi connectivity index (χ2n) is 5.83. The molecule has 0 saturated heterocycles. The van der Waals surface area contributed by atoms with E-state index in [1.807, 2.05) is 0 Å². The van der Waals surface area contributed by atoms with Crippen molar-refractivity contribution in [2.45, 2.75) is 11.8 Å². The minimum atomic E-state index is -4.57. The van der Waals surface area contributed by atoms with Gasteiger partial charge in [0.05, 0.1) is 11.3 Å². The number of carbonyl (C=O) groups is 1. The van der Waals surface area contributed by atoms with E-state index in [9.17, 15) is 22.9 Å². The van der Waals surface area contributed by atoms with Gasteiger partial charge in [0.2, 0.25) is 0 Å². The van der Waals surface area contributed by atoms with E-state index in [1.54, 1.807) is 31.2 Å². The lowest BCUT2D eigenvalue weighted by Gasteiger charge is -2.14. The van der Waals surface area contributed by atoms with Crippen molar-refractivity contribution >= 4 is 38.2 Å². The fourth-order valence-electron chi connectivity index (χ4n) is 2.72. The highest BCUT2D eigenvalue weighted by Crippen LogP contribution is 2.37. The summed E-state index contributed by atoms with van der Waals surface area (Å²) in [6, 6.07) is 12.0. The number of phenols is 1. The van der Waals surface area contributed by atoms with Gasteiger partial charge in [0.1, 0.15) is 10.6 Å². The summed E-state index contributed by atoms with van der Waals surface area (Å²) in [6.45, 7) is 1.79. The first kappa shape index (κ1) is 17.7. The van der Waals surface area contributed by atoms with E-state index in [1.165, 1.54) is 24.3 Å². The zero-order valence-corrected chi connectivity index (χ0v) is 14.5. The maximum Gasteiger partial charge on any atom is 0.295 e. The molecule has 0 heterocycles. The van der Waals surface area contributed by atoms with Gasteiger partial charge in [-0.05, 0) is 36.6 Å². The van der Waals surface area contributed by atoms with Crippen LogP contribution in [0.25, 0.3) is 10.8 Å². The number of benzene rings is 3. The Morgan fingerprint density at radius 1 is 1.12 bits per heavy atom. The summed E-state index contributed by atoms with van der Waals surface area (Å²) in [7, 11) is -4.57. The Kier molecular flexibility index (Phi) is 4.31. The predicted molar refractivity (Wildman–Crippen MR) is 99.0 cm³/mol. The molecule has 0 aliphatic heterocycles. The molecule has 0 aromatic heterocycles. The maximum absolute atomic E-state index is 12.6. The van der Waals surface area contributed by atoms with Gasteiger partial charge >= 0.3 is 0 Å². The summed E-state index contributed by atoms with van der Waals surface area (Å²) in [5.41, 5.74) is 6.95. The van der Waals surface area contributed by atoms with Gasteiger partial charge in [0.25, 0.3) is 16.0 Å². The van der Waals surface area contributed by atoms with E-state index >= 15 is 0 Å². The third-order valence-corrected chi connectivity index (χ3v) is 4.85. The van der Waals surface area contributed by atoms with Gasteiger partial charge in [-0.25, -0.2) is 0 Å². The second kappa shape index (κ2) is 6.32. The summed E-state index contributed by atoms with van der Waals surface area (Å²) in [6.07, 6.45) is 0. The largest absolute Gasteiger partial charge is 0.506 e. The minimum Gasteiger partial charge on any atom is -0.506 e. The number of anilines is 2. The molecule has 0 saturated carbocycles. The third-order valence-electron chi connectivity index (χ3n) is 3.96. The molecule has 0 radical (unpaired) electrons. The standard InChI is InChI=1S/C18H16N2O5S/c1-10-5-7-13(19)12(9-10)18(22)20-17-14(21)8-6-11-3-2-4-15(16(11)17)26(23,24)25/h2-9,21H,19H2,1H3,(H,20,22)(H,23,24,25). The lowest BCUT2D eigenvalue weighted by molar-refractivity contribution is 0.102. The lowest BCUT2D eigenvalue weighted by Crippen LogP contribution is -2.15. The number of phenolic OH excluding ortho intramolecular Hbond substituents is 1. The number of nitrogens with two attached hydrogens (primary N) is 1. The van der Waals surface area contributed by atoms with Crippen molar-refractivity contribution in [3.8, 4) is 5.75 Å². The monoisotopic (exact) mass is 372 g/mol. The van der Waals surface area contributed by atoms with E-state index in [-0.39, 0.29) is 28.1 Å². The van der Waals surface area contributed by atoms with Crippen LogP contribution in [0, 0.1) is 6.92 Å². The molecule has 0 atom stereocenters. The number of hydrogen-bond donors (Lipinski definition) is 4. The Bertz CT molecular complexity index is 1140. The summed E-state index contributed by atoms with van der Waals surface area (Å²) in [5.74, 6) is -0.952. The van der Waals surface area contributed by atoms with Crippen molar-refractivity contribution in [1.29, 1.82) is 0 Å². The van der Waals surface area contributed by atoms with Gasteiger partial charge in [0.15, 0.2) is 0 Å². The molecule has 0 aliphatic rings. The summed E-state index contributed by atoms with van der Waals surface area (Å²) in [5, 5.41) is 13.1. The van der Waals surface area contributed by atoms with Crippen molar-refractivity contribution in [3.63, 3.8) is 0 Å². The SMILES string of the molecule is Cc1ccc(N)c(C(=O)Nc2c(O)ccc3cccc(S(=O)(=O)O)c23)c1. The number of amides is 1. The van der Waals surface area contributed by atoms with Gasteiger partial charge in [-0.1, -0.05) is 29.8 Å². The van der Waals surface area contributed by atoms with Crippen LogP contribution in [0.15, 0.2) is 53.4 Å². The topological polar surface area (TPSA) is 130 Å². The Balaban J connectivity index is 2.20. The number of rotatable bonds is 3. The quantitative estimate of drug-likeness (QED) is 0.318. The maximum atomic E-state index is 12.6. The highest BCUT2D eigenvalue weighted by Gasteiger charge is 2.21. The molecule has 0 spiro atoms. The molecular weight excluding hydrogens is 356 g/mol. The zero-order chi connectivity index (χ0) is 19.1. The summed E-state index contributed by atoms with van der Waals surface area (Å²) in [4.78, 5) is 12.2. The summed E-state index contributed by atoms with van der Waals surface area (Å²) < 4.78 is 32.9. The van der Waals surface area contributed by atoms with E-state index in [2.05, 4.69) is 5.32 Å². The number of fused-ring (bicyclic) bond motifs is 1. The molecule has 26 heavy (non-hydrogen) atoms. The van der Waals surface area contributed by atoms with Crippen LogP contribution in [-0.2, 0) is 10.1 Å². The fourth-order valence-corrected chi connectivity index (χ4v) is 3.45. The molecule has 0 bridgehead atoms. The van der Waals surface area contributed by atoms with Crippen LogP contribution in [0.4, 0.5) is 11.4 Å². The molecule has 3 aromatic carbocycles. The Labute approximate surface area is 149 Å². The molecule has 0 unspecified atom stereocenters. The van der Waals surface area contributed by atoms with Crippen LogP contribution in [-0.4, -0.2) is 24.0 Å². The average molecular weight is 372 g/mol. The van der Waals surface area contributed by atoms with E-state index in [4.69, 9.17) is 5.73 Å². The Morgan fingerprint density at radius 2 is 1.85 bits per heavy atom. The van der Waals surface area contributed by atoms with Gasteiger partial charge in [-0.3, -0.25) is 9.35 Å². The van der Waals surface area contributed by atoms with Crippen LogP contribution in [0.5, 0.6) is 5.75 Å². The molecule has 3 aromatic rings. The van der Waals surface area contributed by atoms with Crippen LogP contribution in [0.3, 0.4) is 0 Å². The van der Waals surface area contributed by atoms with Crippen LogP contribution in [0.2, 0.25) is 0 Å². The average Bonchev–Trinajstić information content (AvgIpc) is 2.58. The molecule has 1 amide bonds. The van der Waals surface area contributed by atoms with Gasteiger partial charge < -0.3 is 16.2 Å². The first-order valence-corrected chi connectivity index (χ1v) is 9.02. The Morgan fingerprint density at radius 3 is 2.54 bits per heavy atom. The number of carbonyl (C=O) groups excluding carboxylic acids is 1. The van der Waals surface area contributed by atoms with Crippen molar-refractivity contribution in [1.82, 2.24) is 0 Å². The fraction of sp³-hybridized carbons (Fsp3) is 0.0556. The van der Waals surface area contributed by atoms with Crippen molar-refractivity contribution in [3.05, 3.63) is 59.7 Å². The minimum absolute atomic E-state index is 0.00887. The first-order valence-electron chi connectivity index (χ1n) is 7.58. The smallest absolute Gasteiger partial charge is 0.295 e. The van der Waals surface area contributed by atoms with Crippen molar-refractivity contribution in [2.75, 3.05) is 11.1 Å². The molecule has 134 valence electrons. The van der Waals surface area contributed by atoms with E-state index in [0.29, 0.717) is 5.39 Å². The number of nitrogens with one attached hydrogen (secondary N) is 1. The van der Waals surface area contributed by atoms with Gasteiger partial charge in [0, 0.05) is 11.1 Å². The molecule has 8 heteroatoms. The zero-order valence-electron chi connectivity index (χ0n) is 13.7. The predicted octanol–water partition coefficient (Wildman–Crippen LogP) is 2.94. The highest BCUT2D eigenvalue weighted by molar-refractivity contribution is 7.86. The number of hydrogen-bond acceptors (Lipinski definition) is 5. The van der Waals surface area contributed by atoms with Gasteiger partial charge in [-0.2, -0.15) is 8.42 Å². The second-order valence-corrected chi connectivity index (χ2v) is 7.22. The molecule has 3 rings (SSSR count). The molecule has 5 N–H and O–H groups in total. The molecule has 7 nitrogen and oxygen atoms in total. The number of nitrogen functional groups attached to an aromatic ring is 1. The molecule has 0 aliphatic carbocycles. The normalized spacial score (nSPS) is 11.5. The lowest BCUT2D eigenvalue weighted by atomic mass is 10.1. The van der Waals surface area contributed by atoms with Gasteiger partial charge in [-0.15, -0.1) is 0 Å². The van der Waals surface area contributed by atoms with Crippen LogP contribution < -0.4 is 11.1 Å². The molecular formula is C18H16N2O5S. The van der Waals surface area contributed by atoms with Crippen LogP contribution >= 0.6 is 0 Å². The highest BCUT2D eigenvalue weighted by atomic mass is 32.2. The van der Waals surface area contributed by atoms with E-state index < -0.39 is 20.9 Å². The third kappa shape index (κ3) is 3.19. The Hall–Kier alpha value is -3.10. The number of aromatic hydroxyl groups is 1. The van der Waals surface area contributed by atoms with Crippen LogP contribution in [0.1, 0.15) is 15.9 Å². The first-order chi connectivity index (χ1) is 12.2. The van der Waals surface area contributed by atoms with Crippen molar-refractivity contribution in [2.24, 2.45) is 0 Å². The number of aryl methyl sites for hydroxylation is 1. The van der Waals surface area contributed by atoms with E-state index in [0.717, 1.165) is 5.56 Å². The summed E-state index contributed by atoms with van der Waals surface area (Å²) >= 11 is 0. The molecule has 0 fully saturated rings. The van der Waals surface area contributed by atoms with Crippen molar-refractivity contribution < 1.29 is 22.9 Å².